The summed E-state index contributed by atoms with van der Waals surface area (Å²) in [5.74, 6) is 0.775. The number of nitrogens with zero attached hydrogens (tertiary/aromatic N) is 1. The van der Waals surface area contributed by atoms with Gasteiger partial charge in [0.05, 0.1) is 6.61 Å². The highest BCUT2D eigenvalue weighted by Crippen LogP contribution is 2.15. The molecule has 4 nitrogen and oxygen atoms in total. The Morgan fingerprint density at radius 2 is 2.10 bits per heavy atom. The van der Waals surface area contributed by atoms with Crippen LogP contribution in [0.4, 0.5) is 0 Å². The molecule has 21 heavy (non-hydrogen) atoms. The molecule has 0 aliphatic carbocycles. The number of hydrogen-bond donors (Lipinski definition) is 1. The maximum Gasteiger partial charge on any atom is 0.251 e. The van der Waals surface area contributed by atoms with E-state index in [0.717, 1.165) is 44.6 Å². The molecule has 1 aliphatic heterocycles. The van der Waals surface area contributed by atoms with Crippen LogP contribution in [0.3, 0.4) is 0 Å². The van der Waals surface area contributed by atoms with Gasteiger partial charge >= 0.3 is 0 Å². The molecule has 1 N–H and O–H groups in total. The lowest BCUT2D eigenvalue weighted by atomic mass is 10.0. The Kier molecular flexibility index (Phi) is 6.05. The summed E-state index contributed by atoms with van der Waals surface area (Å²) in [5.41, 5.74) is 0.682. The molecule has 0 radical (unpaired) electrons. The van der Waals surface area contributed by atoms with Crippen molar-refractivity contribution in [3.63, 3.8) is 0 Å². The van der Waals surface area contributed by atoms with Crippen LogP contribution < -0.4 is 10.1 Å². The number of rotatable bonds is 6. The van der Waals surface area contributed by atoms with Crippen LogP contribution in [-0.4, -0.2) is 43.1 Å². The SMILES string of the molecule is CCCOc1cccc(C(=O)NC2CCN(CC)CC2)c1. The summed E-state index contributed by atoms with van der Waals surface area (Å²) in [6, 6.07) is 7.73. The van der Waals surface area contributed by atoms with Gasteiger partial charge in [-0.15, -0.1) is 0 Å². The first kappa shape index (κ1) is 15.8. The number of nitrogens with one attached hydrogen (secondary N) is 1. The van der Waals surface area contributed by atoms with Gasteiger partial charge in [-0.05, 0) is 44.0 Å². The summed E-state index contributed by atoms with van der Waals surface area (Å²) in [4.78, 5) is 14.7. The molecule has 1 aromatic carbocycles. The van der Waals surface area contributed by atoms with E-state index in [9.17, 15) is 4.79 Å². The second-order valence-electron chi connectivity index (χ2n) is 5.56. The summed E-state index contributed by atoms with van der Waals surface area (Å²) >= 11 is 0. The van der Waals surface area contributed by atoms with Gasteiger partial charge < -0.3 is 15.0 Å². The molecule has 116 valence electrons. The number of ether oxygens (including phenoxy) is 1. The van der Waals surface area contributed by atoms with Crippen molar-refractivity contribution >= 4 is 5.91 Å². The molecule has 1 fully saturated rings. The zero-order valence-corrected chi connectivity index (χ0v) is 13.1. The van der Waals surface area contributed by atoms with E-state index in [4.69, 9.17) is 4.74 Å². The highest BCUT2D eigenvalue weighted by Gasteiger charge is 2.20. The molecule has 4 heteroatoms. The van der Waals surface area contributed by atoms with Crippen molar-refractivity contribution in [2.75, 3.05) is 26.2 Å². The van der Waals surface area contributed by atoms with Gasteiger partial charge in [-0.25, -0.2) is 0 Å². The maximum absolute atomic E-state index is 12.3. The summed E-state index contributed by atoms with van der Waals surface area (Å²) in [6.45, 7) is 8.17. The predicted octanol–water partition coefficient (Wildman–Crippen LogP) is 2.69. The van der Waals surface area contributed by atoms with Crippen LogP contribution in [0, 0.1) is 0 Å². The minimum Gasteiger partial charge on any atom is -0.494 e. The van der Waals surface area contributed by atoms with Gasteiger partial charge in [-0.1, -0.05) is 19.9 Å². The Bertz CT molecular complexity index is 454. The summed E-state index contributed by atoms with van der Waals surface area (Å²) in [6.07, 6.45) is 3.03. The largest absolute Gasteiger partial charge is 0.494 e. The summed E-state index contributed by atoms with van der Waals surface area (Å²) in [7, 11) is 0. The van der Waals surface area contributed by atoms with Crippen molar-refractivity contribution in [2.24, 2.45) is 0 Å². The van der Waals surface area contributed by atoms with Crippen molar-refractivity contribution in [3.8, 4) is 5.75 Å². The lowest BCUT2D eigenvalue weighted by Crippen LogP contribution is -2.44. The smallest absolute Gasteiger partial charge is 0.251 e. The highest BCUT2D eigenvalue weighted by molar-refractivity contribution is 5.94. The first-order chi connectivity index (χ1) is 10.2. The fourth-order valence-corrected chi connectivity index (χ4v) is 2.61. The van der Waals surface area contributed by atoms with Crippen LogP contribution in [0.15, 0.2) is 24.3 Å². The van der Waals surface area contributed by atoms with E-state index in [-0.39, 0.29) is 5.91 Å². The van der Waals surface area contributed by atoms with Crippen LogP contribution >= 0.6 is 0 Å². The fourth-order valence-electron chi connectivity index (χ4n) is 2.61. The Morgan fingerprint density at radius 3 is 2.76 bits per heavy atom. The Hall–Kier alpha value is -1.55. The van der Waals surface area contributed by atoms with Crippen LogP contribution in [0.1, 0.15) is 43.5 Å². The van der Waals surface area contributed by atoms with E-state index < -0.39 is 0 Å². The summed E-state index contributed by atoms with van der Waals surface area (Å²) < 4.78 is 5.58. The Labute approximate surface area is 127 Å². The Morgan fingerprint density at radius 1 is 1.33 bits per heavy atom. The van der Waals surface area contributed by atoms with Crippen LogP contribution in [-0.2, 0) is 0 Å². The number of carbonyl (C=O) groups excluding carboxylic acids is 1. The third kappa shape index (κ3) is 4.74. The monoisotopic (exact) mass is 290 g/mol. The molecule has 0 saturated carbocycles. The quantitative estimate of drug-likeness (QED) is 0.876. The van der Waals surface area contributed by atoms with Crippen molar-refractivity contribution in [1.29, 1.82) is 0 Å². The van der Waals surface area contributed by atoms with Gasteiger partial charge in [0.1, 0.15) is 5.75 Å². The molecular weight excluding hydrogens is 264 g/mol. The van der Waals surface area contributed by atoms with E-state index >= 15 is 0 Å². The number of likely N-dealkylation sites (tertiary alicyclic amines) is 1. The van der Waals surface area contributed by atoms with Crippen LogP contribution in [0.5, 0.6) is 5.75 Å². The third-order valence-electron chi connectivity index (χ3n) is 3.94. The predicted molar refractivity (Wildman–Crippen MR) is 84.8 cm³/mol. The molecule has 0 aromatic heterocycles. The molecule has 2 rings (SSSR count). The number of hydrogen-bond acceptors (Lipinski definition) is 3. The van der Waals surface area contributed by atoms with Gasteiger partial charge in [0.25, 0.3) is 5.91 Å². The minimum atomic E-state index is 0.00639. The van der Waals surface area contributed by atoms with Crippen LogP contribution in [0.2, 0.25) is 0 Å². The molecule has 1 heterocycles. The molecule has 0 unspecified atom stereocenters. The van der Waals surface area contributed by atoms with Gasteiger partial charge in [-0.2, -0.15) is 0 Å². The number of carbonyl (C=O) groups is 1. The van der Waals surface area contributed by atoms with E-state index in [1.165, 1.54) is 0 Å². The maximum atomic E-state index is 12.3. The molecule has 0 spiro atoms. The molecule has 1 aromatic rings. The van der Waals surface area contributed by atoms with Gasteiger partial charge in [0, 0.05) is 24.7 Å². The van der Waals surface area contributed by atoms with Crippen molar-refractivity contribution in [2.45, 2.75) is 39.2 Å². The van der Waals surface area contributed by atoms with Gasteiger partial charge in [0.15, 0.2) is 0 Å². The molecule has 1 saturated heterocycles. The zero-order valence-electron chi connectivity index (χ0n) is 13.1. The molecule has 0 bridgehead atoms. The average molecular weight is 290 g/mol. The molecule has 1 aliphatic rings. The van der Waals surface area contributed by atoms with Crippen LogP contribution in [0.25, 0.3) is 0 Å². The number of benzene rings is 1. The van der Waals surface area contributed by atoms with Crippen molar-refractivity contribution in [1.82, 2.24) is 10.2 Å². The Balaban J connectivity index is 1.88. The van der Waals surface area contributed by atoms with Gasteiger partial charge in [-0.3, -0.25) is 4.79 Å². The lowest BCUT2D eigenvalue weighted by Gasteiger charge is -2.31. The lowest BCUT2D eigenvalue weighted by molar-refractivity contribution is 0.0912. The first-order valence-electron chi connectivity index (χ1n) is 7.99. The van der Waals surface area contributed by atoms with E-state index in [0.29, 0.717) is 18.2 Å². The third-order valence-corrected chi connectivity index (χ3v) is 3.94. The first-order valence-corrected chi connectivity index (χ1v) is 7.99. The second kappa shape index (κ2) is 8.03. The van der Waals surface area contributed by atoms with E-state index in [1.807, 2.05) is 24.3 Å². The average Bonchev–Trinajstić information content (AvgIpc) is 2.54. The topological polar surface area (TPSA) is 41.6 Å². The molecular formula is C17H26N2O2. The summed E-state index contributed by atoms with van der Waals surface area (Å²) in [5, 5.41) is 3.14. The van der Waals surface area contributed by atoms with Gasteiger partial charge in [0.2, 0.25) is 0 Å². The molecule has 0 atom stereocenters. The van der Waals surface area contributed by atoms with Crippen molar-refractivity contribution < 1.29 is 9.53 Å². The molecule has 1 amide bonds. The fraction of sp³-hybridized carbons (Fsp3) is 0.588. The normalized spacial score (nSPS) is 16.7. The van der Waals surface area contributed by atoms with E-state index in [2.05, 4.69) is 24.1 Å². The highest BCUT2D eigenvalue weighted by atomic mass is 16.5. The van der Waals surface area contributed by atoms with Crippen molar-refractivity contribution in [3.05, 3.63) is 29.8 Å². The zero-order chi connectivity index (χ0) is 15.1. The standard InChI is InChI=1S/C17H26N2O2/c1-3-12-21-16-7-5-6-14(13-16)17(20)18-15-8-10-19(4-2)11-9-15/h5-7,13,15H,3-4,8-12H2,1-2H3,(H,18,20). The minimum absolute atomic E-state index is 0.00639. The number of amides is 1. The van der Waals surface area contributed by atoms with E-state index in [1.54, 1.807) is 0 Å². The second-order valence-corrected chi connectivity index (χ2v) is 5.56. The number of piperidine rings is 1.